The highest BCUT2D eigenvalue weighted by molar-refractivity contribution is 5.73. The third-order valence-corrected chi connectivity index (χ3v) is 4.33. The van der Waals surface area contributed by atoms with Crippen molar-refractivity contribution in [1.82, 2.24) is 0 Å². The smallest absolute Gasteiger partial charge is 0.306 e. The van der Waals surface area contributed by atoms with Crippen LogP contribution in [0, 0.1) is 23.7 Å². The number of carboxylic acids is 2. The molecule has 0 heterocycles. The van der Waals surface area contributed by atoms with Gasteiger partial charge in [0, 0.05) is 0 Å². The Hall–Kier alpha value is -1.06. The summed E-state index contributed by atoms with van der Waals surface area (Å²) in [6.45, 7) is 0. The topological polar surface area (TPSA) is 74.6 Å². The molecular formula is C12H18O4. The fourth-order valence-corrected chi connectivity index (χ4v) is 3.59. The minimum atomic E-state index is -0.735. The zero-order valence-electron chi connectivity index (χ0n) is 9.26. The molecule has 0 aromatic carbocycles. The van der Waals surface area contributed by atoms with Crippen LogP contribution < -0.4 is 0 Å². The fraction of sp³-hybridized carbons (Fsp3) is 0.833. The fourth-order valence-electron chi connectivity index (χ4n) is 3.59. The second kappa shape index (κ2) is 4.44. The maximum absolute atomic E-state index is 11.1. The summed E-state index contributed by atoms with van der Waals surface area (Å²) in [4.78, 5) is 22.3. The quantitative estimate of drug-likeness (QED) is 0.755. The normalized spacial score (nSPS) is 38.8. The van der Waals surface area contributed by atoms with Gasteiger partial charge in [-0.1, -0.05) is 12.8 Å². The molecule has 0 bridgehead atoms. The van der Waals surface area contributed by atoms with Gasteiger partial charge in [-0.25, -0.2) is 0 Å². The van der Waals surface area contributed by atoms with E-state index < -0.39 is 11.9 Å². The summed E-state index contributed by atoms with van der Waals surface area (Å²) in [6, 6.07) is 0. The van der Waals surface area contributed by atoms with Gasteiger partial charge in [0.25, 0.3) is 0 Å². The van der Waals surface area contributed by atoms with E-state index in [4.69, 9.17) is 10.2 Å². The molecule has 0 aliphatic heterocycles. The lowest BCUT2D eigenvalue weighted by Crippen LogP contribution is -2.42. The Kier molecular flexibility index (Phi) is 3.17. The van der Waals surface area contributed by atoms with Gasteiger partial charge in [-0.2, -0.15) is 0 Å². The number of hydrogen-bond acceptors (Lipinski definition) is 2. The van der Waals surface area contributed by atoms with Crippen LogP contribution in [0.15, 0.2) is 0 Å². The van der Waals surface area contributed by atoms with Crippen molar-refractivity contribution >= 4 is 11.9 Å². The van der Waals surface area contributed by atoms with Crippen LogP contribution in [0.1, 0.15) is 38.5 Å². The van der Waals surface area contributed by atoms with Crippen molar-refractivity contribution in [3.05, 3.63) is 0 Å². The molecule has 2 fully saturated rings. The second-order valence-electron chi connectivity index (χ2n) is 5.08. The van der Waals surface area contributed by atoms with Gasteiger partial charge < -0.3 is 10.2 Å². The predicted octanol–water partition coefficient (Wildman–Crippen LogP) is 1.99. The van der Waals surface area contributed by atoms with E-state index in [0.29, 0.717) is 12.8 Å². The molecule has 4 heteroatoms. The lowest BCUT2D eigenvalue weighted by atomic mass is 9.61. The maximum Gasteiger partial charge on any atom is 0.306 e. The Morgan fingerprint density at radius 1 is 0.750 bits per heavy atom. The van der Waals surface area contributed by atoms with Crippen molar-refractivity contribution in [2.45, 2.75) is 38.5 Å². The number of fused-ring (bicyclic) bond motifs is 1. The molecule has 0 radical (unpaired) electrons. The largest absolute Gasteiger partial charge is 0.481 e. The first-order valence-electron chi connectivity index (χ1n) is 6.07. The van der Waals surface area contributed by atoms with E-state index in [0.717, 1.165) is 25.7 Å². The van der Waals surface area contributed by atoms with Crippen LogP contribution in [0.25, 0.3) is 0 Å². The van der Waals surface area contributed by atoms with Gasteiger partial charge in [-0.3, -0.25) is 9.59 Å². The molecular weight excluding hydrogens is 208 g/mol. The zero-order valence-corrected chi connectivity index (χ0v) is 9.26. The first-order valence-corrected chi connectivity index (χ1v) is 6.07. The molecule has 2 N–H and O–H groups in total. The van der Waals surface area contributed by atoms with Crippen molar-refractivity contribution in [2.75, 3.05) is 0 Å². The van der Waals surface area contributed by atoms with Gasteiger partial charge in [0.1, 0.15) is 0 Å². The number of hydrogen-bond donors (Lipinski definition) is 2. The Balaban J connectivity index is 2.17. The molecule has 0 aromatic heterocycles. The standard InChI is InChI=1S/C12H18O4/c13-11(14)9-5-6-10(12(15)16)8-4-2-1-3-7(8)9/h7-10H,1-6H2,(H,13,14)(H,15,16)/t7-,8+,9+,10-. The van der Waals surface area contributed by atoms with Crippen molar-refractivity contribution in [3.8, 4) is 0 Å². The van der Waals surface area contributed by atoms with Crippen LogP contribution in [-0.2, 0) is 9.59 Å². The Labute approximate surface area is 94.7 Å². The number of aliphatic carboxylic acids is 2. The lowest BCUT2D eigenvalue weighted by molar-refractivity contribution is -0.156. The van der Waals surface area contributed by atoms with E-state index in [1.54, 1.807) is 0 Å². The molecule has 4 atom stereocenters. The van der Waals surface area contributed by atoms with E-state index in [1.165, 1.54) is 0 Å². The summed E-state index contributed by atoms with van der Waals surface area (Å²) in [5, 5.41) is 18.3. The number of rotatable bonds is 2. The van der Waals surface area contributed by atoms with Gasteiger partial charge in [0.05, 0.1) is 11.8 Å². The summed E-state index contributed by atoms with van der Waals surface area (Å²) in [7, 11) is 0. The highest BCUT2D eigenvalue weighted by Crippen LogP contribution is 2.46. The average Bonchev–Trinajstić information content (AvgIpc) is 2.27. The third-order valence-electron chi connectivity index (χ3n) is 4.33. The second-order valence-corrected chi connectivity index (χ2v) is 5.08. The van der Waals surface area contributed by atoms with Gasteiger partial charge in [0.2, 0.25) is 0 Å². The summed E-state index contributed by atoms with van der Waals surface area (Å²) >= 11 is 0. The summed E-state index contributed by atoms with van der Waals surface area (Å²) in [5.41, 5.74) is 0. The average molecular weight is 226 g/mol. The van der Waals surface area contributed by atoms with Crippen LogP contribution in [0.2, 0.25) is 0 Å². The highest BCUT2D eigenvalue weighted by atomic mass is 16.4. The molecule has 90 valence electrons. The van der Waals surface area contributed by atoms with Crippen LogP contribution >= 0.6 is 0 Å². The van der Waals surface area contributed by atoms with Gasteiger partial charge in [-0.05, 0) is 37.5 Å². The maximum atomic E-state index is 11.1. The van der Waals surface area contributed by atoms with Crippen LogP contribution in [0.4, 0.5) is 0 Å². The van der Waals surface area contributed by atoms with Gasteiger partial charge in [-0.15, -0.1) is 0 Å². The monoisotopic (exact) mass is 226 g/mol. The van der Waals surface area contributed by atoms with Gasteiger partial charge >= 0.3 is 11.9 Å². The summed E-state index contributed by atoms with van der Waals surface area (Å²) < 4.78 is 0. The number of carbonyl (C=O) groups is 2. The summed E-state index contributed by atoms with van der Waals surface area (Å²) in [5.74, 6) is -1.88. The molecule has 0 saturated heterocycles. The van der Waals surface area contributed by atoms with E-state index >= 15 is 0 Å². The van der Waals surface area contributed by atoms with Gasteiger partial charge in [0.15, 0.2) is 0 Å². The SMILES string of the molecule is O=C(O)[C@H]1CC[C@@H](C(=O)O)[C@H]2CCCC[C@H]21. The Morgan fingerprint density at radius 2 is 1.12 bits per heavy atom. The van der Waals surface area contributed by atoms with Crippen LogP contribution in [0.3, 0.4) is 0 Å². The first kappa shape index (κ1) is 11.4. The zero-order chi connectivity index (χ0) is 11.7. The number of carboxylic acid groups (broad SMARTS) is 2. The van der Waals surface area contributed by atoms with Crippen molar-refractivity contribution < 1.29 is 19.8 Å². The lowest BCUT2D eigenvalue weighted by Gasteiger charge is -2.42. The molecule has 2 rings (SSSR count). The first-order chi connectivity index (χ1) is 7.61. The highest BCUT2D eigenvalue weighted by Gasteiger charge is 2.45. The molecule has 0 spiro atoms. The Bertz CT molecular complexity index is 269. The third kappa shape index (κ3) is 1.93. The molecule has 0 amide bonds. The molecule has 2 aliphatic rings. The minimum Gasteiger partial charge on any atom is -0.481 e. The van der Waals surface area contributed by atoms with E-state index in [1.807, 2.05) is 0 Å². The molecule has 2 aliphatic carbocycles. The molecule has 16 heavy (non-hydrogen) atoms. The molecule has 4 nitrogen and oxygen atoms in total. The molecule has 2 saturated carbocycles. The van der Waals surface area contributed by atoms with Crippen molar-refractivity contribution in [1.29, 1.82) is 0 Å². The summed E-state index contributed by atoms with van der Waals surface area (Å²) in [6.07, 6.45) is 4.96. The van der Waals surface area contributed by atoms with Crippen LogP contribution in [-0.4, -0.2) is 22.2 Å². The van der Waals surface area contributed by atoms with Crippen LogP contribution in [0.5, 0.6) is 0 Å². The van der Waals surface area contributed by atoms with E-state index in [-0.39, 0.29) is 23.7 Å². The molecule has 0 unspecified atom stereocenters. The van der Waals surface area contributed by atoms with Crippen molar-refractivity contribution in [3.63, 3.8) is 0 Å². The molecule has 0 aromatic rings. The predicted molar refractivity (Wildman–Crippen MR) is 56.9 cm³/mol. The van der Waals surface area contributed by atoms with E-state index in [9.17, 15) is 9.59 Å². The Morgan fingerprint density at radius 3 is 1.44 bits per heavy atom. The van der Waals surface area contributed by atoms with Crippen molar-refractivity contribution in [2.24, 2.45) is 23.7 Å². The van der Waals surface area contributed by atoms with E-state index in [2.05, 4.69) is 0 Å². The minimum absolute atomic E-state index is 0.0982.